The lowest BCUT2D eigenvalue weighted by Crippen LogP contribution is -2.29. The lowest BCUT2D eigenvalue weighted by molar-refractivity contribution is 0.340. The number of benzene rings is 2. The van der Waals surface area contributed by atoms with Crippen molar-refractivity contribution in [3.63, 3.8) is 0 Å². The molecule has 0 amide bonds. The first kappa shape index (κ1) is 15.4. The van der Waals surface area contributed by atoms with Gasteiger partial charge in [0.15, 0.2) is 0 Å². The molecule has 2 aromatic rings. The van der Waals surface area contributed by atoms with Gasteiger partial charge in [-0.2, -0.15) is 0 Å². The minimum absolute atomic E-state index is 0.313. The second-order valence-electron chi connectivity index (χ2n) is 4.68. The van der Waals surface area contributed by atoms with E-state index < -0.39 is 10.0 Å². The number of anilines is 1. The highest BCUT2D eigenvalue weighted by Crippen LogP contribution is 2.23. The van der Waals surface area contributed by atoms with E-state index in [9.17, 15) is 8.42 Å². The molecule has 0 unspecified atom stereocenters. The van der Waals surface area contributed by atoms with Gasteiger partial charge in [-0.25, -0.2) is 8.42 Å². The maximum Gasteiger partial charge on any atom is 0.232 e. The lowest BCUT2D eigenvalue weighted by atomic mass is 10.2. The summed E-state index contributed by atoms with van der Waals surface area (Å²) < 4.78 is 30.8. The number of sulfonamides is 1. The minimum Gasteiger partial charge on any atom is -0.494 e. The third-order valence-electron chi connectivity index (χ3n) is 3.01. The Kier molecular flexibility index (Phi) is 4.85. The van der Waals surface area contributed by atoms with Crippen LogP contribution in [0.1, 0.15) is 12.5 Å². The van der Waals surface area contributed by atoms with Crippen LogP contribution in [0, 0.1) is 0 Å². The van der Waals surface area contributed by atoms with Crippen LogP contribution in [0.4, 0.5) is 5.69 Å². The van der Waals surface area contributed by atoms with Crippen LogP contribution in [0.25, 0.3) is 0 Å². The molecular formula is C16H19NO3S. The van der Waals surface area contributed by atoms with Crippen molar-refractivity contribution in [1.29, 1.82) is 0 Å². The van der Waals surface area contributed by atoms with Crippen LogP contribution >= 0.6 is 0 Å². The van der Waals surface area contributed by atoms with Gasteiger partial charge < -0.3 is 4.74 Å². The Labute approximate surface area is 126 Å². The minimum atomic E-state index is -3.35. The van der Waals surface area contributed by atoms with E-state index in [-0.39, 0.29) is 0 Å². The Morgan fingerprint density at radius 1 is 1.00 bits per heavy atom. The normalized spacial score (nSPS) is 11.1. The predicted octanol–water partition coefficient (Wildman–Crippen LogP) is 3.05. The van der Waals surface area contributed by atoms with Gasteiger partial charge in [-0.1, -0.05) is 30.3 Å². The molecule has 5 heteroatoms. The first-order valence-corrected chi connectivity index (χ1v) is 8.60. The fraction of sp³-hybridized carbons (Fsp3) is 0.250. The molecule has 2 aromatic carbocycles. The maximum absolute atomic E-state index is 12.0. The third kappa shape index (κ3) is 4.23. The highest BCUT2D eigenvalue weighted by atomic mass is 32.2. The van der Waals surface area contributed by atoms with Crippen molar-refractivity contribution in [3.05, 3.63) is 60.2 Å². The van der Waals surface area contributed by atoms with Gasteiger partial charge in [0, 0.05) is 0 Å². The zero-order chi connectivity index (χ0) is 15.3. The zero-order valence-electron chi connectivity index (χ0n) is 12.2. The van der Waals surface area contributed by atoms with Crippen molar-refractivity contribution < 1.29 is 13.2 Å². The van der Waals surface area contributed by atoms with Gasteiger partial charge in [-0.3, -0.25) is 4.31 Å². The van der Waals surface area contributed by atoms with Crippen molar-refractivity contribution in [3.8, 4) is 5.75 Å². The van der Waals surface area contributed by atoms with Crippen LogP contribution in [0.3, 0.4) is 0 Å². The second-order valence-corrected chi connectivity index (χ2v) is 6.59. The summed E-state index contributed by atoms with van der Waals surface area (Å²) in [6, 6.07) is 16.6. The predicted molar refractivity (Wildman–Crippen MR) is 85.1 cm³/mol. The van der Waals surface area contributed by atoms with Gasteiger partial charge >= 0.3 is 0 Å². The largest absolute Gasteiger partial charge is 0.494 e. The molecule has 0 radical (unpaired) electrons. The summed E-state index contributed by atoms with van der Waals surface area (Å²) in [4.78, 5) is 0. The van der Waals surface area contributed by atoms with Gasteiger partial charge in [0.25, 0.3) is 0 Å². The van der Waals surface area contributed by atoms with Gasteiger partial charge in [-0.05, 0) is 36.8 Å². The Balaban J connectivity index is 2.28. The number of rotatable bonds is 6. The molecule has 0 spiro atoms. The molecule has 0 bridgehead atoms. The molecule has 0 saturated heterocycles. The van der Waals surface area contributed by atoms with Crippen LogP contribution in [0.15, 0.2) is 54.6 Å². The zero-order valence-corrected chi connectivity index (χ0v) is 13.0. The molecule has 4 nitrogen and oxygen atoms in total. The summed E-state index contributed by atoms with van der Waals surface area (Å²) in [7, 11) is -3.35. The van der Waals surface area contributed by atoms with Crippen molar-refractivity contribution in [1.82, 2.24) is 0 Å². The van der Waals surface area contributed by atoms with Crippen molar-refractivity contribution in [2.75, 3.05) is 17.2 Å². The summed E-state index contributed by atoms with van der Waals surface area (Å²) in [5, 5.41) is 0. The fourth-order valence-electron chi connectivity index (χ4n) is 2.02. The van der Waals surface area contributed by atoms with E-state index in [1.54, 1.807) is 24.3 Å². The molecule has 0 atom stereocenters. The fourth-order valence-corrected chi connectivity index (χ4v) is 2.91. The van der Waals surface area contributed by atoms with Crippen LogP contribution in [-0.2, 0) is 16.6 Å². The summed E-state index contributed by atoms with van der Waals surface area (Å²) in [6.07, 6.45) is 1.21. The van der Waals surface area contributed by atoms with Crippen LogP contribution in [-0.4, -0.2) is 21.3 Å². The topological polar surface area (TPSA) is 46.6 Å². The molecule has 0 aliphatic rings. The Hall–Kier alpha value is -2.01. The van der Waals surface area contributed by atoms with Crippen molar-refractivity contribution in [2.45, 2.75) is 13.5 Å². The molecule has 2 rings (SSSR count). The van der Waals surface area contributed by atoms with Crippen LogP contribution in [0.2, 0.25) is 0 Å². The van der Waals surface area contributed by atoms with Gasteiger partial charge in [0.05, 0.1) is 25.1 Å². The van der Waals surface area contributed by atoms with Gasteiger partial charge in [0.1, 0.15) is 5.75 Å². The quantitative estimate of drug-likeness (QED) is 0.824. The van der Waals surface area contributed by atoms with E-state index >= 15 is 0 Å². The molecule has 0 saturated carbocycles. The highest BCUT2D eigenvalue weighted by Gasteiger charge is 2.17. The van der Waals surface area contributed by atoms with Crippen LogP contribution < -0.4 is 9.04 Å². The van der Waals surface area contributed by atoms with Crippen molar-refractivity contribution >= 4 is 15.7 Å². The molecule has 112 valence electrons. The lowest BCUT2D eigenvalue weighted by Gasteiger charge is -2.22. The van der Waals surface area contributed by atoms with Crippen LogP contribution in [0.5, 0.6) is 5.75 Å². The van der Waals surface area contributed by atoms with E-state index in [0.717, 1.165) is 11.3 Å². The summed E-state index contributed by atoms with van der Waals surface area (Å²) in [6.45, 7) is 2.80. The monoisotopic (exact) mass is 305 g/mol. The smallest absolute Gasteiger partial charge is 0.232 e. The number of nitrogens with zero attached hydrogens (tertiary/aromatic N) is 1. The summed E-state index contributed by atoms with van der Waals surface area (Å²) >= 11 is 0. The van der Waals surface area contributed by atoms with E-state index in [1.165, 1.54) is 10.6 Å². The highest BCUT2D eigenvalue weighted by molar-refractivity contribution is 7.92. The summed E-state index contributed by atoms with van der Waals surface area (Å²) in [5.41, 5.74) is 1.57. The van der Waals surface area contributed by atoms with Crippen molar-refractivity contribution in [2.24, 2.45) is 0 Å². The van der Waals surface area contributed by atoms with Gasteiger partial charge in [0.2, 0.25) is 10.0 Å². The van der Waals surface area contributed by atoms with E-state index in [2.05, 4.69) is 0 Å². The SMILES string of the molecule is CCOc1ccc(N(Cc2ccccc2)S(C)(=O)=O)cc1. The molecule has 0 aliphatic carbocycles. The number of ether oxygens (including phenoxy) is 1. The number of hydrogen-bond acceptors (Lipinski definition) is 3. The first-order valence-electron chi connectivity index (χ1n) is 6.75. The average Bonchev–Trinajstić information content (AvgIpc) is 2.46. The molecular weight excluding hydrogens is 286 g/mol. The molecule has 0 aliphatic heterocycles. The standard InChI is InChI=1S/C16H19NO3S/c1-3-20-16-11-9-15(10-12-16)17(21(2,18)19)13-14-7-5-4-6-8-14/h4-12H,3,13H2,1-2H3. The second kappa shape index (κ2) is 6.63. The third-order valence-corrected chi connectivity index (χ3v) is 4.15. The molecule has 21 heavy (non-hydrogen) atoms. The van der Waals surface area contributed by atoms with E-state index in [4.69, 9.17) is 4.74 Å². The Morgan fingerprint density at radius 2 is 1.62 bits per heavy atom. The Bertz CT molecular complexity index is 666. The number of hydrogen-bond donors (Lipinski definition) is 0. The summed E-state index contributed by atoms with van der Waals surface area (Å²) in [5.74, 6) is 0.731. The van der Waals surface area contributed by atoms with Gasteiger partial charge in [-0.15, -0.1) is 0 Å². The molecule has 0 fully saturated rings. The molecule has 0 heterocycles. The molecule has 0 aromatic heterocycles. The Morgan fingerprint density at radius 3 is 2.14 bits per heavy atom. The maximum atomic E-state index is 12.0. The average molecular weight is 305 g/mol. The van der Waals surface area contributed by atoms with E-state index in [0.29, 0.717) is 18.8 Å². The molecule has 0 N–H and O–H groups in total. The van der Waals surface area contributed by atoms with E-state index in [1.807, 2.05) is 37.3 Å². The first-order chi connectivity index (χ1) is 10.0.